The molecule has 4 N–H and O–H groups in total. The van der Waals surface area contributed by atoms with Crippen molar-refractivity contribution in [3.8, 4) is 17.3 Å². The van der Waals surface area contributed by atoms with Crippen LogP contribution in [0.3, 0.4) is 0 Å². The summed E-state index contributed by atoms with van der Waals surface area (Å²) in [6.07, 6.45) is 0. The molecule has 2 aromatic carbocycles. The van der Waals surface area contributed by atoms with E-state index in [9.17, 15) is 9.90 Å². The van der Waals surface area contributed by atoms with Crippen molar-refractivity contribution in [3.63, 3.8) is 0 Å². The molecule has 0 bridgehead atoms. The van der Waals surface area contributed by atoms with Crippen molar-refractivity contribution in [1.82, 2.24) is 30.7 Å². The summed E-state index contributed by atoms with van der Waals surface area (Å²) in [5.74, 6) is 0.201. The van der Waals surface area contributed by atoms with Crippen molar-refractivity contribution in [2.45, 2.75) is 24.5 Å². The van der Waals surface area contributed by atoms with E-state index in [-0.39, 0.29) is 23.1 Å². The average molecular weight is 495 g/mol. The number of rotatable bonds is 8. The number of nitrogens with one attached hydrogen (secondary N) is 1. The van der Waals surface area contributed by atoms with Crippen molar-refractivity contribution >= 4 is 29.2 Å². The lowest BCUT2D eigenvalue weighted by atomic mass is 10.1. The van der Waals surface area contributed by atoms with Gasteiger partial charge < -0.3 is 15.6 Å². The third-order valence-corrected chi connectivity index (χ3v) is 6.02. The summed E-state index contributed by atoms with van der Waals surface area (Å²) in [4.78, 5) is 14.0. The van der Waals surface area contributed by atoms with E-state index in [1.54, 1.807) is 19.1 Å². The van der Waals surface area contributed by atoms with Crippen LogP contribution >= 0.6 is 11.8 Å². The van der Waals surface area contributed by atoms with Crippen LogP contribution in [0.25, 0.3) is 5.82 Å². The number of hydrazone groups is 1. The predicted octanol–water partition coefficient (Wildman–Crippen LogP) is 2.70. The lowest BCUT2D eigenvalue weighted by Crippen LogP contribution is -2.21. The summed E-state index contributed by atoms with van der Waals surface area (Å²) < 4.78 is 11.1. The number of anilines is 1. The molecule has 180 valence electrons. The molecule has 0 unspecified atom stereocenters. The van der Waals surface area contributed by atoms with E-state index in [0.29, 0.717) is 28.5 Å². The average Bonchev–Trinajstić information content (AvgIpc) is 3.47. The molecule has 0 aliphatic carbocycles. The maximum Gasteiger partial charge on any atom is 0.293 e. The number of ether oxygens (including phenoxy) is 1. The van der Waals surface area contributed by atoms with Gasteiger partial charge in [-0.15, -0.1) is 16.9 Å². The lowest BCUT2D eigenvalue weighted by Gasteiger charge is -2.08. The number of nitrogens with two attached hydrogens (primary N) is 1. The smallest absolute Gasteiger partial charge is 0.293 e. The molecule has 2 heterocycles. The highest BCUT2D eigenvalue weighted by Crippen LogP contribution is 2.27. The summed E-state index contributed by atoms with van der Waals surface area (Å²) in [7, 11) is 1.45. The number of aryl methyl sites for hydroxylation is 1. The van der Waals surface area contributed by atoms with Gasteiger partial charge in [0.15, 0.2) is 17.2 Å². The Hall–Kier alpha value is -4.39. The Morgan fingerprint density at radius 3 is 2.71 bits per heavy atom. The summed E-state index contributed by atoms with van der Waals surface area (Å²) >= 11 is 1.49. The zero-order chi connectivity index (χ0) is 24.9. The first-order valence-electron chi connectivity index (χ1n) is 10.3. The van der Waals surface area contributed by atoms with Crippen LogP contribution in [-0.2, 0) is 5.75 Å². The first kappa shape index (κ1) is 23.8. The number of phenols is 1. The van der Waals surface area contributed by atoms with Gasteiger partial charge in [-0.05, 0) is 54.5 Å². The van der Waals surface area contributed by atoms with E-state index in [0.717, 1.165) is 10.5 Å². The van der Waals surface area contributed by atoms with Crippen molar-refractivity contribution in [1.29, 1.82) is 0 Å². The van der Waals surface area contributed by atoms with Crippen LogP contribution in [0.5, 0.6) is 11.5 Å². The number of aromatic hydroxyl groups is 1. The largest absolute Gasteiger partial charge is 0.504 e. The molecule has 2 aromatic heterocycles. The molecule has 0 saturated heterocycles. The number of benzene rings is 2. The van der Waals surface area contributed by atoms with Crippen LogP contribution in [0.1, 0.15) is 34.2 Å². The number of nitrogen functional groups attached to an aromatic ring is 1. The van der Waals surface area contributed by atoms with Crippen LogP contribution in [0, 0.1) is 6.92 Å². The second kappa shape index (κ2) is 10.3. The number of hydrogen-bond donors (Lipinski definition) is 3. The van der Waals surface area contributed by atoms with E-state index in [2.05, 4.69) is 35.8 Å². The Morgan fingerprint density at radius 2 is 2.03 bits per heavy atom. The Balaban J connectivity index is 1.59. The molecule has 4 rings (SSSR count). The number of hydrogen-bond acceptors (Lipinski definition) is 11. The second-order valence-corrected chi connectivity index (χ2v) is 8.44. The fourth-order valence-corrected chi connectivity index (χ4v) is 3.95. The predicted molar refractivity (Wildman–Crippen MR) is 129 cm³/mol. The number of carbonyl (C=O) groups excluding carboxylic acids is 1. The minimum absolute atomic E-state index is 0.00189. The number of thioether (sulfide) groups is 1. The summed E-state index contributed by atoms with van der Waals surface area (Å²) in [6.45, 7) is 3.71. The SMILES string of the molecule is COc1cc(C(C)=NNC(=O)c2nnn(-c3nonc3N)c2CSc2ccc(C)cc2)ccc1O. The molecule has 0 spiro atoms. The fraction of sp³-hybridized carbons (Fsp3) is 0.182. The molecule has 1 amide bonds. The first-order chi connectivity index (χ1) is 16.9. The molecule has 0 radical (unpaired) electrons. The Kier molecular flexibility index (Phi) is 6.96. The number of nitrogens with zero attached hydrogens (tertiary/aromatic N) is 6. The van der Waals surface area contributed by atoms with E-state index in [1.165, 1.54) is 29.6 Å². The molecule has 12 nitrogen and oxygen atoms in total. The highest BCUT2D eigenvalue weighted by atomic mass is 32.2. The number of methoxy groups -OCH3 is 1. The molecule has 13 heteroatoms. The van der Waals surface area contributed by atoms with Crippen LogP contribution in [-0.4, -0.2) is 49.1 Å². The Labute approximate surface area is 204 Å². The second-order valence-electron chi connectivity index (χ2n) is 7.40. The van der Waals surface area contributed by atoms with Gasteiger partial charge in [-0.1, -0.05) is 22.9 Å². The maximum atomic E-state index is 13.0. The monoisotopic (exact) mass is 494 g/mol. The zero-order valence-corrected chi connectivity index (χ0v) is 19.9. The number of amides is 1. The minimum Gasteiger partial charge on any atom is -0.504 e. The fourth-order valence-electron chi connectivity index (χ4n) is 3.06. The van der Waals surface area contributed by atoms with Crippen LogP contribution in [0.2, 0.25) is 0 Å². The minimum atomic E-state index is -0.573. The highest BCUT2D eigenvalue weighted by molar-refractivity contribution is 7.98. The van der Waals surface area contributed by atoms with Gasteiger partial charge in [-0.3, -0.25) is 4.79 Å². The Bertz CT molecular complexity index is 1380. The maximum absolute atomic E-state index is 13.0. The van der Waals surface area contributed by atoms with E-state index < -0.39 is 5.91 Å². The summed E-state index contributed by atoms with van der Waals surface area (Å²) in [5, 5.41) is 29.4. The number of phenolic OH excluding ortho intramolecular Hbond substituents is 1. The van der Waals surface area contributed by atoms with Crippen LogP contribution in [0.15, 0.2) is 57.1 Å². The molecular weight excluding hydrogens is 472 g/mol. The van der Waals surface area contributed by atoms with E-state index >= 15 is 0 Å². The van der Waals surface area contributed by atoms with Gasteiger partial charge in [0.05, 0.1) is 18.5 Å². The van der Waals surface area contributed by atoms with Gasteiger partial charge in [0.1, 0.15) is 0 Å². The molecule has 0 atom stereocenters. The third-order valence-electron chi connectivity index (χ3n) is 4.99. The molecule has 35 heavy (non-hydrogen) atoms. The quantitative estimate of drug-likeness (QED) is 0.188. The van der Waals surface area contributed by atoms with Gasteiger partial charge in [0.25, 0.3) is 5.91 Å². The van der Waals surface area contributed by atoms with Crippen molar-refractivity contribution < 1.29 is 19.3 Å². The zero-order valence-electron chi connectivity index (χ0n) is 19.1. The third kappa shape index (κ3) is 5.24. The van der Waals surface area contributed by atoms with Gasteiger partial charge in [-0.25, -0.2) is 10.1 Å². The topological polar surface area (TPSA) is 167 Å². The van der Waals surface area contributed by atoms with Crippen LogP contribution in [0.4, 0.5) is 5.82 Å². The molecule has 0 fully saturated rings. The van der Waals surface area contributed by atoms with Gasteiger partial charge >= 0.3 is 0 Å². The summed E-state index contributed by atoms with van der Waals surface area (Å²) in [6, 6.07) is 12.7. The lowest BCUT2D eigenvalue weighted by molar-refractivity contribution is 0.0949. The molecule has 4 aromatic rings. The van der Waals surface area contributed by atoms with E-state index in [4.69, 9.17) is 10.5 Å². The number of carbonyl (C=O) groups is 1. The van der Waals surface area contributed by atoms with Crippen molar-refractivity contribution in [3.05, 3.63) is 65.0 Å². The van der Waals surface area contributed by atoms with Crippen molar-refractivity contribution in [2.24, 2.45) is 5.10 Å². The van der Waals surface area contributed by atoms with Gasteiger partial charge in [0, 0.05) is 16.2 Å². The van der Waals surface area contributed by atoms with Gasteiger partial charge in [-0.2, -0.15) is 9.78 Å². The normalized spacial score (nSPS) is 11.5. The number of aromatic nitrogens is 5. The van der Waals surface area contributed by atoms with E-state index in [1.807, 2.05) is 31.2 Å². The standard InChI is InChI=1S/C22H22N8O4S/c1-12-4-7-15(8-5-12)35-11-16-19(25-29-30(16)21-20(23)27-34-28-21)22(32)26-24-13(2)14-6-9-17(31)18(10-14)33-3/h4-10,31H,11H2,1-3H3,(H2,23,27)(H,26,32). The van der Waals surface area contributed by atoms with Crippen LogP contribution < -0.4 is 15.9 Å². The first-order valence-corrected chi connectivity index (χ1v) is 11.3. The molecular formula is C22H22N8O4S. The highest BCUT2D eigenvalue weighted by Gasteiger charge is 2.24. The molecule has 0 aliphatic rings. The Morgan fingerprint density at radius 1 is 1.26 bits per heavy atom. The molecule has 0 aliphatic heterocycles. The van der Waals surface area contributed by atoms with Gasteiger partial charge in [0.2, 0.25) is 11.6 Å². The summed E-state index contributed by atoms with van der Waals surface area (Å²) in [5.41, 5.74) is 11.1. The van der Waals surface area contributed by atoms with Crippen molar-refractivity contribution in [2.75, 3.05) is 12.8 Å². The molecule has 0 saturated carbocycles.